The van der Waals surface area contributed by atoms with Crippen LogP contribution in [0.2, 0.25) is 0 Å². The van der Waals surface area contributed by atoms with E-state index in [1.807, 2.05) is 24.3 Å². The molecule has 160 valence electrons. The van der Waals surface area contributed by atoms with E-state index in [0.29, 0.717) is 30.1 Å². The van der Waals surface area contributed by atoms with Crippen molar-refractivity contribution in [1.29, 1.82) is 0 Å². The lowest BCUT2D eigenvalue weighted by Crippen LogP contribution is -2.43. The van der Waals surface area contributed by atoms with Crippen molar-refractivity contribution in [2.24, 2.45) is 5.92 Å². The Morgan fingerprint density at radius 1 is 1.24 bits per heavy atom. The Morgan fingerprint density at radius 2 is 2.00 bits per heavy atom. The minimum atomic E-state index is -0.475. The van der Waals surface area contributed by atoms with Crippen molar-refractivity contribution in [3.05, 3.63) is 24.3 Å². The maximum absolute atomic E-state index is 12.4. The summed E-state index contributed by atoms with van der Waals surface area (Å²) in [6.45, 7) is 6.39. The van der Waals surface area contributed by atoms with Crippen LogP contribution in [0.25, 0.3) is 0 Å². The van der Waals surface area contributed by atoms with Gasteiger partial charge in [0.1, 0.15) is 12.4 Å². The second-order valence-corrected chi connectivity index (χ2v) is 8.52. The number of hydrogen-bond acceptors (Lipinski definition) is 4. The third-order valence-electron chi connectivity index (χ3n) is 6.01. The number of fused-ring (bicyclic) bond motifs is 1. The van der Waals surface area contributed by atoms with Gasteiger partial charge in [0.25, 0.3) is 0 Å². The zero-order valence-corrected chi connectivity index (χ0v) is 17.8. The molecule has 6 heteroatoms. The van der Waals surface area contributed by atoms with Crippen LogP contribution in [0.4, 0.5) is 5.69 Å². The molecule has 0 radical (unpaired) electrons. The quantitative estimate of drug-likeness (QED) is 0.653. The van der Waals surface area contributed by atoms with E-state index in [1.165, 1.54) is 32.1 Å². The summed E-state index contributed by atoms with van der Waals surface area (Å²) in [5.41, 5.74) is 0.664. The summed E-state index contributed by atoms with van der Waals surface area (Å²) < 4.78 is 5.71. The number of benzene rings is 1. The average molecular weight is 402 g/mol. The van der Waals surface area contributed by atoms with Crippen LogP contribution < -0.4 is 15.4 Å². The molecule has 0 bridgehead atoms. The van der Waals surface area contributed by atoms with Gasteiger partial charge < -0.3 is 15.4 Å². The van der Waals surface area contributed by atoms with Crippen molar-refractivity contribution < 1.29 is 14.3 Å². The molecule has 1 heterocycles. The topological polar surface area (TPSA) is 70.7 Å². The highest BCUT2D eigenvalue weighted by atomic mass is 16.5. The predicted molar refractivity (Wildman–Crippen MR) is 115 cm³/mol. The van der Waals surface area contributed by atoms with Crippen molar-refractivity contribution in [2.45, 2.75) is 70.9 Å². The van der Waals surface area contributed by atoms with E-state index in [0.717, 1.165) is 13.0 Å². The van der Waals surface area contributed by atoms with Gasteiger partial charge in [0.2, 0.25) is 11.8 Å². The number of ether oxygens (including phenoxy) is 1. The molecule has 29 heavy (non-hydrogen) atoms. The third-order valence-corrected chi connectivity index (χ3v) is 6.01. The van der Waals surface area contributed by atoms with Crippen LogP contribution in [0.5, 0.6) is 5.75 Å². The summed E-state index contributed by atoms with van der Waals surface area (Å²) in [4.78, 5) is 27.4. The third kappa shape index (κ3) is 6.20. The van der Waals surface area contributed by atoms with Gasteiger partial charge in [-0.05, 0) is 45.2 Å². The smallest absolute Gasteiger partial charge is 0.231 e. The van der Waals surface area contributed by atoms with Gasteiger partial charge in [-0.25, -0.2) is 0 Å². The van der Waals surface area contributed by atoms with Gasteiger partial charge in [-0.15, -0.1) is 0 Å². The molecule has 0 spiro atoms. The van der Waals surface area contributed by atoms with Crippen LogP contribution in [-0.2, 0) is 9.59 Å². The van der Waals surface area contributed by atoms with Crippen molar-refractivity contribution in [1.82, 2.24) is 10.2 Å². The number of carbonyl (C=O) groups is 2. The number of nitrogens with zero attached hydrogens (tertiary/aromatic N) is 1. The number of amides is 2. The lowest BCUT2D eigenvalue weighted by Gasteiger charge is -2.37. The van der Waals surface area contributed by atoms with Gasteiger partial charge in [-0.1, -0.05) is 31.4 Å². The van der Waals surface area contributed by atoms with Crippen molar-refractivity contribution >= 4 is 17.5 Å². The molecule has 1 aliphatic heterocycles. The number of rotatable bonds is 8. The van der Waals surface area contributed by atoms with E-state index in [1.54, 1.807) is 0 Å². The molecule has 1 saturated carbocycles. The van der Waals surface area contributed by atoms with E-state index in [9.17, 15) is 9.59 Å². The predicted octanol–water partition coefficient (Wildman–Crippen LogP) is 3.57. The minimum Gasteiger partial charge on any atom is -0.491 e. The summed E-state index contributed by atoms with van der Waals surface area (Å²) in [5, 5.41) is 5.85. The van der Waals surface area contributed by atoms with Crippen LogP contribution in [0.3, 0.4) is 0 Å². The number of carbonyl (C=O) groups excluding carboxylic acids is 2. The summed E-state index contributed by atoms with van der Waals surface area (Å²) in [5.74, 6) is -0.0705. The van der Waals surface area contributed by atoms with Crippen LogP contribution in [0.15, 0.2) is 24.3 Å². The van der Waals surface area contributed by atoms with Gasteiger partial charge >= 0.3 is 0 Å². The van der Waals surface area contributed by atoms with Crippen molar-refractivity contribution in [2.75, 3.05) is 25.0 Å². The number of anilines is 1. The van der Waals surface area contributed by atoms with Gasteiger partial charge in [0.05, 0.1) is 11.6 Å². The second kappa shape index (κ2) is 10.6. The highest BCUT2D eigenvalue weighted by Gasteiger charge is 2.27. The average Bonchev–Trinajstić information content (AvgIpc) is 2.87. The van der Waals surface area contributed by atoms with Crippen LogP contribution in [-0.4, -0.2) is 48.5 Å². The largest absolute Gasteiger partial charge is 0.491 e. The highest BCUT2D eigenvalue weighted by molar-refractivity contribution is 5.97. The molecule has 2 aliphatic rings. The lowest BCUT2D eigenvalue weighted by molar-refractivity contribution is -0.128. The zero-order chi connectivity index (χ0) is 20.6. The zero-order valence-electron chi connectivity index (χ0n) is 17.8. The first-order valence-corrected chi connectivity index (χ1v) is 11.1. The van der Waals surface area contributed by atoms with Gasteiger partial charge in [-0.2, -0.15) is 0 Å². The maximum Gasteiger partial charge on any atom is 0.231 e. The monoisotopic (exact) mass is 401 g/mol. The molecule has 1 aliphatic carbocycles. The van der Waals surface area contributed by atoms with E-state index >= 15 is 0 Å². The molecule has 2 N–H and O–H groups in total. The van der Waals surface area contributed by atoms with Crippen molar-refractivity contribution in [3.63, 3.8) is 0 Å². The molecular formula is C23H35N3O3. The Hall–Kier alpha value is -2.08. The fraction of sp³-hybridized carbons (Fsp3) is 0.652. The lowest BCUT2D eigenvalue weighted by atomic mass is 9.93. The van der Waals surface area contributed by atoms with E-state index in [2.05, 4.69) is 29.4 Å². The fourth-order valence-electron chi connectivity index (χ4n) is 4.41. The summed E-state index contributed by atoms with van der Waals surface area (Å²) >= 11 is 0. The fourth-order valence-corrected chi connectivity index (χ4v) is 4.41. The first-order valence-electron chi connectivity index (χ1n) is 11.1. The first kappa shape index (κ1) is 21.6. The van der Waals surface area contributed by atoms with E-state index in [-0.39, 0.29) is 24.8 Å². The highest BCUT2D eigenvalue weighted by Crippen LogP contribution is 2.28. The summed E-state index contributed by atoms with van der Waals surface area (Å²) in [7, 11) is 0. The molecule has 3 rings (SSSR count). The minimum absolute atomic E-state index is 0.0894. The van der Waals surface area contributed by atoms with E-state index in [4.69, 9.17) is 4.74 Å². The van der Waals surface area contributed by atoms with Gasteiger partial charge in [0.15, 0.2) is 0 Å². The molecule has 1 unspecified atom stereocenters. The molecule has 1 aromatic carbocycles. The second-order valence-electron chi connectivity index (χ2n) is 8.52. The SMILES string of the molecule is CC(C)N(CCCNC(=O)CC1COc2ccccc2NC1=O)C1CCCCC1. The molecule has 6 nitrogen and oxygen atoms in total. The Labute approximate surface area is 174 Å². The number of para-hydroxylation sites is 2. The number of nitrogens with one attached hydrogen (secondary N) is 2. The molecule has 1 aromatic rings. The van der Waals surface area contributed by atoms with Crippen LogP contribution >= 0.6 is 0 Å². The first-order chi connectivity index (χ1) is 14.0. The normalized spacial score (nSPS) is 20.0. The standard InChI is InChI=1S/C23H35N3O3/c1-17(2)26(19-9-4-3-5-10-19)14-8-13-24-22(27)15-18-16-29-21-12-7-6-11-20(21)25-23(18)28/h6-7,11-12,17-19H,3-5,8-10,13-16H2,1-2H3,(H,24,27)(H,25,28). The van der Waals surface area contributed by atoms with Gasteiger partial charge in [0, 0.05) is 31.6 Å². The van der Waals surface area contributed by atoms with E-state index < -0.39 is 5.92 Å². The van der Waals surface area contributed by atoms with Crippen molar-refractivity contribution in [3.8, 4) is 5.75 Å². The van der Waals surface area contributed by atoms with Gasteiger partial charge in [-0.3, -0.25) is 14.5 Å². The molecule has 1 fully saturated rings. The summed E-state index contributed by atoms with van der Waals surface area (Å²) in [6.07, 6.45) is 7.70. The Morgan fingerprint density at radius 3 is 2.76 bits per heavy atom. The molecule has 0 saturated heterocycles. The maximum atomic E-state index is 12.4. The van der Waals surface area contributed by atoms with Crippen LogP contribution in [0.1, 0.15) is 58.8 Å². The number of hydrogen-bond donors (Lipinski definition) is 2. The Bertz CT molecular complexity index is 686. The molecule has 2 amide bonds. The molecule has 1 atom stereocenters. The summed E-state index contributed by atoms with van der Waals surface area (Å²) in [6, 6.07) is 8.57. The molecule has 0 aromatic heterocycles. The Kier molecular flexibility index (Phi) is 7.92. The van der Waals surface area contributed by atoms with Crippen LogP contribution in [0, 0.1) is 5.92 Å². The Balaban J connectivity index is 1.40. The molecular weight excluding hydrogens is 366 g/mol.